The van der Waals surface area contributed by atoms with Gasteiger partial charge < -0.3 is 19.9 Å². The van der Waals surface area contributed by atoms with Crippen LogP contribution in [-0.4, -0.2) is 38.5 Å². The van der Waals surface area contributed by atoms with Crippen molar-refractivity contribution in [2.45, 2.75) is 6.10 Å². The minimum absolute atomic E-state index is 0.303. The lowest BCUT2D eigenvalue weighted by molar-refractivity contribution is -0.633. The van der Waals surface area contributed by atoms with Gasteiger partial charge in [0.2, 0.25) is 0 Å². The topological polar surface area (TPSA) is 55.3 Å². The normalized spacial score (nSPS) is 12.2. The summed E-state index contributed by atoms with van der Waals surface area (Å²) in [5.74, 6) is 1.47. The quantitative estimate of drug-likeness (QED) is 0.676. The Bertz CT molecular complexity index is 291. The predicted molar refractivity (Wildman–Crippen MR) is 57.2 cm³/mol. The van der Waals surface area contributed by atoms with Crippen LogP contribution in [0.2, 0.25) is 0 Å². The van der Waals surface area contributed by atoms with Crippen molar-refractivity contribution in [2.24, 2.45) is 0 Å². The molecule has 0 aromatic heterocycles. The smallest absolute Gasteiger partial charge is 0.137 e. The third-order valence-electron chi connectivity index (χ3n) is 1.99. The third kappa shape index (κ3) is 4.18. The molecule has 84 valence electrons. The van der Waals surface area contributed by atoms with Crippen LogP contribution in [0.4, 0.5) is 0 Å². The van der Waals surface area contributed by atoms with Crippen LogP contribution in [0.25, 0.3) is 0 Å². The van der Waals surface area contributed by atoms with Gasteiger partial charge >= 0.3 is 0 Å². The second-order valence-electron chi connectivity index (χ2n) is 3.29. The number of hydrogen-bond acceptors (Lipinski definition) is 3. The average Bonchev–Trinajstić information content (AvgIpc) is 2.27. The molecule has 0 spiro atoms. The molecule has 0 fully saturated rings. The first kappa shape index (κ1) is 11.8. The van der Waals surface area contributed by atoms with Crippen molar-refractivity contribution < 1.29 is 19.9 Å². The lowest BCUT2D eigenvalue weighted by atomic mass is 10.3. The lowest BCUT2D eigenvalue weighted by Gasteiger charge is -2.10. The van der Waals surface area contributed by atoms with E-state index in [1.54, 1.807) is 13.2 Å². The molecule has 0 unspecified atom stereocenters. The molecule has 15 heavy (non-hydrogen) atoms. The summed E-state index contributed by atoms with van der Waals surface area (Å²) in [4.78, 5) is 0. The molecular formula is C11H18NO3+. The van der Waals surface area contributed by atoms with Crippen molar-refractivity contribution in [1.29, 1.82) is 0 Å². The highest BCUT2D eigenvalue weighted by Gasteiger charge is 2.05. The van der Waals surface area contributed by atoms with Crippen molar-refractivity contribution in [3.8, 4) is 11.5 Å². The van der Waals surface area contributed by atoms with E-state index in [4.69, 9.17) is 9.47 Å². The minimum atomic E-state index is -0.443. The van der Waals surface area contributed by atoms with E-state index in [1.807, 2.05) is 30.6 Å². The number of hydrogen-bond donors (Lipinski definition) is 2. The highest BCUT2D eigenvalue weighted by Crippen LogP contribution is 2.18. The van der Waals surface area contributed by atoms with Gasteiger partial charge in [-0.3, -0.25) is 0 Å². The summed E-state index contributed by atoms with van der Waals surface area (Å²) >= 11 is 0. The molecule has 0 saturated heterocycles. The Morgan fingerprint density at radius 3 is 2.80 bits per heavy atom. The molecule has 0 aliphatic rings. The van der Waals surface area contributed by atoms with Crippen LogP contribution >= 0.6 is 0 Å². The van der Waals surface area contributed by atoms with Gasteiger partial charge in [0.1, 0.15) is 30.8 Å². The van der Waals surface area contributed by atoms with Crippen LogP contribution in [0.5, 0.6) is 11.5 Å². The predicted octanol–water partition coefficient (Wildman–Crippen LogP) is -0.372. The highest BCUT2D eigenvalue weighted by atomic mass is 16.5. The largest absolute Gasteiger partial charge is 0.497 e. The average molecular weight is 212 g/mol. The van der Waals surface area contributed by atoms with Gasteiger partial charge in [0.05, 0.1) is 14.2 Å². The second kappa shape index (κ2) is 6.27. The SMILES string of the molecule is C[NH2+]C[C@@H](O)COc1cccc(OC)c1. The number of aliphatic hydroxyl groups excluding tert-OH is 1. The maximum atomic E-state index is 9.45. The number of likely N-dealkylation sites (N-methyl/N-ethyl adjacent to an activating group) is 1. The molecule has 4 heteroatoms. The first-order valence-corrected chi connectivity index (χ1v) is 4.99. The molecule has 0 radical (unpaired) electrons. The number of ether oxygens (including phenoxy) is 2. The van der Waals surface area contributed by atoms with E-state index in [1.165, 1.54) is 0 Å². The van der Waals surface area contributed by atoms with Crippen LogP contribution in [0.3, 0.4) is 0 Å². The van der Waals surface area contributed by atoms with E-state index in [-0.39, 0.29) is 0 Å². The zero-order chi connectivity index (χ0) is 11.1. The molecule has 3 N–H and O–H groups in total. The van der Waals surface area contributed by atoms with Gasteiger partial charge in [0, 0.05) is 6.07 Å². The van der Waals surface area contributed by atoms with E-state index in [9.17, 15) is 5.11 Å². The van der Waals surface area contributed by atoms with Crippen molar-refractivity contribution in [1.82, 2.24) is 0 Å². The second-order valence-corrected chi connectivity index (χ2v) is 3.29. The van der Waals surface area contributed by atoms with Gasteiger partial charge in [-0.2, -0.15) is 0 Å². The molecule has 0 bridgehead atoms. The fraction of sp³-hybridized carbons (Fsp3) is 0.455. The van der Waals surface area contributed by atoms with Crippen LogP contribution in [-0.2, 0) is 0 Å². The molecular weight excluding hydrogens is 194 g/mol. The van der Waals surface area contributed by atoms with Crippen LogP contribution in [0.1, 0.15) is 0 Å². The number of aliphatic hydroxyl groups is 1. The van der Waals surface area contributed by atoms with Gasteiger partial charge in [-0.15, -0.1) is 0 Å². The van der Waals surface area contributed by atoms with Gasteiger partial charge in [-0.05, 0) is 12.1 Å². The summed E-state index contributed by atoms with van der Waals surface area (Å²) in [5, 5.41) is 11.4. The molecule has 0 amide bonds. The zero-order valence-electron chi connectivity index (χ0n) is 9.14. The van der Waals surface area contributed by atoms with E-state index < -0.39 is 6.10 Å². The Hall–Kier alpha value is -1.26. The van der Waals surface area contributed by atoms with Gasteiger partial charge in [0.15, 0.2) is 0 Å². The summed E-state index contributed by atoms with van der Waals surface area (Å²) in [7, 11) is 3.52. The van der Waals surface area contributed by atoms with E-state index in [0.717, 1.165) is 5.75 Å². The standard InChI is InChI=1S/C11H17NO3/c1-12-7-9(13)8-15-11-5-3-4-10(6-11)14-2/h3-6,9,12-13H,7-8H2,1-2H3/p+1/t9-/m1/s1. The van der Waals surface area contributed by atoms with Crippen molar-refractivity contribution in [3.05, 3.63) is 24.3 Å². The number of quaternary nitrogens is 1. The number of nitrogens with two attached hydrogens (primary N) is 1. The van der Waals surface area contributed by atoms with Gasteiger partial charge in [-0.1, -0.05) is 6.07 Å². The Morgan fingerprint density at radius 2 is 2.13 bits per heavy atom. The van der Waals surface area contributed by atoms with Crippen LogP contribution < -0.4 is 14.8 Å². The minimum Gasteiger partial charge on any atom is -0.497 e. The first-order valence-electron chi connectivity index (χ1n) is 4.99. The fourth-order valence-corrected chi connectivity index (χ4v) is 1.22. The molecule has 1 rings (SSSR count). The molecule has 0 aliphatic heterocycles. The highest BCUT2D eigenvalue weighted by molar-refractivity contribution is 5.32. The molecule has 0 aliphatic carbocycles. The molecule has 1 atom stereocenters. The van der Waals surface area contributed by atoms with Gasteiger partial charge in [-0.25, -0.2) is 0 Å². The van der Waals surface area contributed by atoms with Crippen molar-refractivity contribution in [2.75, 3.05) is 27.3 Å². The number of rotatable bonds is 6. The van der Waals surface area contributed by atoms with Crippen molar-refractivity contribution >= 4 is 0 Å². The maximum Gasteiger partial charge on any atom is 0.137 e. The molecule has 0 heterocycles. The zero-order valence-corrected chi connectivity index (χ0v) is 9.14. The maximum absolute atomic E-state index is 9.45. The number of methoxy groups -OCH3 is 1. The Kier molecular flexibility index (Phi) is 4.93. The van der Waals surface area contributed by atoms with Gasteiger partial charge in [0.25, 0.3) is 0 Å². The van der Waals surface area contributed by atoms with E-state index >= 15 is 0 Å². The Balaban J connectivity index is 2.43. The number of benzene rings is 1. The fourth-order valence-electron chi connectivity index (χ4n) is 1.22. The molecule has 0 saturated carbocycles. The first-order chi connectivity index (χ1) is 7.26. The summed E-state index contributed by atoms with van der Waals surface area (Å²) in [5.41, 5.74) is 0. The lowest BCUT2D eigenvalue weighted by Crippen LogP contribution is -2.82. The van der Waals surface area contributed by atoms with Crippen molar-refractivity contribution in [3.63, 3.8) is 0 Å². The summed E-state index contributed by atoms with van der Waals surface area (Å²) in [6.45, 7) is 0.946. The molecule has 4 nitrogen and oxygen atoms in total. The summed E-state index contributed by atoms with van der Waals surface area (Å²) in [6.07, 6.45) is -0.443. The summed E-state index contributed by atoms with van der Waals surface area (Å²) < 4.78 is 10.5. The van der Waals surface area contributed by atoms with E-state index in [2.05, 4.69) is 0 Å². The molecule has 1 aromatic carbocycles. The monoisotopic (exact) mass is 212 g/mol. The van der Waals surface area contributed by atoms with Crippen LogP contribution in [0, 0.1) is 0 Å². The van der Waals surface area contributed by atoms with E-state index in [0.29, 0.717) is 18.9 Å². The Labute approximate surface area is 89.8 Å². The molecule has 1 aromatic rings. The van der Waals surface area contributed by atoms with Crippen LogP contribution in [0.15, 0.2) is 24.3 Å². The summed E-state index contributed by atoms with van der Waals surface area (Å²) in [6, 6.07) is 7.34. The Morgan fingerprint density at radius 1 is 1.40 bits per heavy atom. The third-order valence-corrected chi connectivity index (χ3v) is 1.99.